The number of carbonyl (C=O) groups is 1. The van der Waals surface area contributed by atoms with Crippen LogP contribution in [0.3, 0.4) is 0 Å². The summed E-state index contributed by atoms with van der Waals surface area (Å²) in [7, 11) is -3.98. The van der Waals surface area contributed by atoms with E-state index in [1.807, 2.05) is 0 Å². The van der Waals surface area contributed by atoms with Crippen LogP contribution in [0.2, 0.25) is 0 Å². The second-order valence-electron chi connectivity index (χ2n) is 3.52. The highest BCUT2D eigenvalue weighted by atomic mass is 32.2. The van der Waals surface area contributed by atoms with Gasteiger partial charge in [-0.05, 0) is 25.0 Å². The van der Waals surface area contributed by atoms with Crippen LogP contribution >= 0.6 is 0 Å². The summed E-state index contributed by atoms with van der Waals surface area (Å²) >= 11 is 0. The van der Waals surface area contributed by atoms with Crippen LogP contribution in [0.15, 0.2) is 17.2 Å². The van der Waals surface area contributed by atoms with Gasteiger partial charge < -0.3 is 4.74 Å². The Morgan fingerprint density at radius 1 is 1.44 bits per heavy atom. The maximum absolute atomic E-state index is 11.2. The highest BCUT2D eigenvalue weighted by molar-refractivity contribution is 7.89. The first-order chi connectivity index (χ1) is 7.50. The van der Waals surface area contributed by atoms with Crippen molar-refractivity contribution in [2.24, 2.45) is 5.14 Å². The lowest BCUT2D eigenvalue weighted by atomic mass is 10.3. The second-order valence-corrected chi connectivity index (χ2v) is 5.00. The largest absolute Gasteiger partial charge is 0.487 e. The molecule has 16 heavy (non-hydrogen) atoms. The van der Waals surface area contributed by atoms with E-state index in [1.54, 1.807) is 0 Å². The average Bonchev–Trinajstić information content (AvgIpc) is 3.01. The average molecular weight is 242 g/mol. The summed E-state index contributed by atoms with van der Waals surface area (Å²) in [6.45, 7) is 0. The predicted octanol–water partition coefficient (Wildman–Crippen LogP) is 0.0827. The van der Waals surface area contributed by atoms with Gasteiger partial charge in [-0.3, -0.25) is 4.79 Å². The standard InChI is InChI=1S/C9H10N2O4S/c10-16(13,14)9-8(15-7-2-3-7)4-1-6(5-12)11-9/h1,4-5,7H,2-3H2,(H2,10,13,14). The molecule has 6 nitrogen and oxygen atoms in total. The number of hydrogen-bond donors (Lipinski definition) is 1. The quantitative estimate of drug-likeness (QED) is 0.754. The lowest BCUT2D eigenvalue weighted by molar-refractivity contribution is 0.111. The van der Waals surface area contributed by atoms with Gasteiger partial charge in [-0.25, -0.2) is 18.5 Å². The minimum Gasteiger partial charge on any atom is -0.487 e. The molecule has 7 heteroatoms. The Hall–Kier alpha value is -1.47. The third-order valence-corrected chi connectivity index (χ3v) is 2.89. The normalized spacial score (nSPS) is 15.8. The maximum atomic E-state index is 11.2. The van der Waals surface area contributed by atoms with E-state index in [0.29, 0.717) is 6.29 Å². The third-order valence-electron chi connectivity index (χ3n) is 2.06. The molecular formula is C9H10N2O4S. The number of ether oxygens (including phenoxy) is 1. The van der Waals surface area contributed by atoms with Crippen LogP contribution in [0.5, 0.6) is 5.75 Å². The van der Waals surface area contributed by atoms with Gasteiger partial charge >= 0.3 is 0 Å². The third kappa shape index (κ3) is 2.37. The van der Waals surface area contributed by atoms with Crippen molar-refractivity contribution in [1.29, 1.82) is 0 Å². The first-order valence-corrected chi connectivity index (χ1v) is 6.21. The molecule has 1 heterocycles. The number of nitrogens with zero attached hydrogens (tertiary/aromatic N) is 1. The molecule has 1 aromatic heterocycles. The van der Waals surface area contributed by atoms with Gasteiger partial charge in [0.2, 0.25) is 5.03 Å². The van der Waals surface area contributed by atoms with Gasteiger partial charge in [0.25, 0.3) is 10.0 Å². The summed E-state index contributed by atoms with van der Waals surface area (Å²) < 4.78 is 27.8. The molecule has 0 spiro atoms. The number of carbonyl (C=O) groups excluding carboxylic acids is 1. The Bertz CT molecular complexity index is 522. The summed E-state index contributed by atoms with van der Waals surface area (Å²) in [5, 5.41) is 4.61. The molecule has 1 aromatic rings. The van der Waals surface area contributed by atoms with E-state index >= 15 is 0 Å². The topological polar surface area (TPSA) is 99.4 Å². The molecule has 0 atom stereocenters. The number of hydrogen-bond acceptors (Lipinski definition) is 5. The van der Waals surface area contributed by atoms with Crippen LogP contribution in [0, 0.1) is 0 Å². The van der Waals surface area contributed by atoms with Gasteiger partial charge in [-0.15, -0.1) is 0 Å². The molecule has 2 rings (SSSR count). The van der Waals surface area contributed by atoms with Crippen LogP contribution in [-0.4, -0.2) is 25.8 Å². The molecule has 1 saturated carbocycles. The highest BCUT2D eigenvalue weighted by Gasteiger charge is 2.27. The smallest absolute Gasteiger partial charge is 0.259 e. The van der Waals surface area contributed by atoms with Crippen molar-refractivity contribution in [3.05, 3.63) is 17.8 Å². The SMILES string of the molecule is NS(=O)(=O)c1nc(C=O)ccc1OC1CC1. The van der Waals surface area contributed by atoms with Crippen LogP contribution < -0.4 is 9.88 Å². The molecule has 0 bridgehead atoms. The van der Waals surface area contributed by atoms with Crippen molar-refractivity contribution in [2.75, 3.05) is 0 Å². The van der Waals surface area contributed by atoms with Crippen LogP contribution in [0.1, 0.15) is 23.3 Å². The van der Waals surface area contributed by atoms with Crippen LogP contribution in [0.25, 0.3) is 0 Å². The minimum absolute atomic E-state index is 0.00664. The van der Waals surface area contributed by atoms with E-state index < -0.39 is 10.0 Å². The molecule has 0 saturated heterocycles. The fraction of sp³-hybridized carbons (Fsp3) is 0.333. The molecule has 0 aromatic carbocycles. The zero-order chi connectivity index (χ0) is 11.8. The molecule has 0 aliphatic heterocycles. The first-order valence-electron chi connectivity index (χ1n) is 4.66. The number of rotatable bonds is 4. The van der Waals surface area contributed by atoms with Crippen molar-refractivity contribution in [1.82, 2.24) is 4.98 Å². The van der Waals surface area contributed by atoms with Gasteiger partial charge in [-0.2, -0.15) is 0 Å². The number of nitrogens with two attached hydrogens (primary N) is 1. The van der Waals surface area contributed by atoms with Crippen molar-refractivity contribution in [3.8, 4) is 5.75 Å². The van der Waals surface area contributed by atoms with E-state index in [0.717, 1.165) is 12.8 Å². The van der Waals surface area contributed by atoms with Crippen molar-refractivity contribution < 1.29 is 17.9 Å². The fourth-order valence-corrected chi connectivity index (χ4v) is 1.80. The monoisotopic (exact) mass is 242 g/mol. The Labute approximate surface area is 92.5 Å². The second kappa shape index (κ2) is 3.84. The Morgan fingerprint density at radius 2 is 2.12 bits per heavy atom. The zero-order valence-electron chi connectivity index (χ0n) is 8.29. The molecule has 1 fully saturated rings. The van der Waals surface area contributed by atoms with Crippen LogP contribution in [0.4, 0.5) is 0 Å². The van der Waals surface area contributed by atoms with E-state index in [4.69, 9.17) is 9.88 Å². The van der Waals surface area contributed by atoms with E-state index in [2.05, 4.69) is 4.98 Å². The minimum atomic E-state index is -3.98. The lowest BCUT2D eigenvalue weighted by Crippen LogP contribution is -2.17. The van der Waals surface area contributed by atoms with E-state index in [-0.39, 0.29) is 22.6 Å². The van der Waals surface area contributed by atoms with Gasteiger partial charge in [0.15, 0.2) is 12.0 Å². The molecule has 0 unspecified atom stereocenters. The summed E-state index contributed by atoms with van der Waals surface area (Å²) in [6.07, 6.45) is 2.26. The summed E-state index contributed by atoms with van der Waals surface area (Å²) in [6, 6.07) is 2.79. The Kier molecular flexibility index (Phi) is 2.64. The van der Waals surface area contributed by atoms with Crippen molar-refractivity contribution in [2.45, 2.75) is 24.0 Å². The molecule has 1 aliphatic carbocycles. The number of aldehydes is 1. The molecule has 0 radical (unpaired) electrons. The van der Waals surface area contributed by atoms with Crippen LogP contribution in [-0.2, 0) is 10.0 Å². The summed E-state index contributed by atoms with van der Waals surface area (Å²) in [5.41, 5.74) is 0.00664. The summed E-state index contributed by atoms with van der Waals surface area (Å²) in [5.74, 6) is 0.107. The lowest BCUT2D eigenvalue weighted by Gasteiger charge is -2.08. The van der Waals surface area contributed by atoms with E-state index in [9.17, 15) is 13.2 Å². The summed E-state index contributed by atoms with van der Waals surface area (Å²) in [4.78, 5) is 14.1. The zero-order valence-corrected chi connectivity index (χ0v) is 9.11. The fourth-order valence-electron chi connectivity index (χ4n) is 1.17. The molecule has 0 amide bonds. The molecular weight excluding hydrogens is 232 g/mol. The Morgan fingerprint density at radius 3 is 2.62 bits per heavy atom. The van der Waals surface area contributed by atoms with Crippen molar-refractivity contribution in [3.63, 3.8) is 0 Å². The maximum Gasteiger partial charge on any atom is 0.259 e. The molecule has 2 N–H and O–H groups in total. The van der Waals surface area contributed by atoms with Gasteiger partial charge in [-0.1, -0.05) is 0 Å². The van der Waals surface area contributed by atoms with Gasteiger partial charge in [0.1, 0.15) is 5.69 Å². The van der Waals surface area contributed by atoms with E-state index in [1.165, 1.54) is 12.1 Å². The highest BCUT2D eigenvalue weighted by Crippen LogP contribution is 2.29. The molecule has 86 valence electrons. The first kappa shape index (κ1) is 11.0. The number of pyridine rings is 1. The van der Waals surface area contributed by atoms with Crippen molar-refractivity contribution >= 4 is 16.3 Å². The number of sulfonamides is 1. The molecule has 1 aliphatic rings. The number of primary sulfonamides is 1. The predicted molar refractivity (Wildman–Crippen MR) is 54.6 cm³/mol. The van der Waals surface area contributed by atoms with Gasteiger partial charge in [0.05, 0.1) is 6.10 Å². The number of aromatic nitrogens is 1. The van der Waals surface area contributed by atoms with Gasteiger partial charge in [0, 0.05) is 0 Å². The Balaban J connectivity index is 2.45.